The number of halogens is 1. The lowest BCUT2D eigenvalue weighted by Gasteiger charge is -2.29. The predicted molar refractivity (Wildman–Crippen MR) is 130 cm³/mol. The van der Waals surface area contributed by atoms with Crippen molar-refractivity contribution in [3.63, 3.8) is 0 Å². The van der Waals surface area contributed by atoms with E-state index in [0.29, 0.717) is 6.54 Å². The maximum absolute atomic E-state index is 12.0. The number of aliphatic hydroxyl groups is 1. The van der Waals surface area contributed by atoms with Gasteiger partial charge >= 0.3 is 0 Å². The van der Waals surface area contributed by atoms with Gasteiger partial charge in [0.25, 0.3) is 11.6 Å². The van der Waals surface area contributed by atoms with Gasteiger partial charge in [0.2, 0.25) is 0 Å². The number of ether oxygens (including phenoxy) is 1. The van der Waals surface area contributed by atoms with Crippen LogP contribution in [0.3, 0.4) is 0 Å². The molecule has 5 heteroatoms. The third-order valence-electron chi connectivity index (χ3n) is 6.27. The number of methoxy groups -OCH3 is 1. The van der Waals surface area contributed by atoms with E-state index >= 15 is 0 Å². The first kappa shape index (κ1) is 21.6. The molecule has 2 heterocycles. The van der Waals surface area contributed by atoms with E-state index in [9.17, 15) is 5.11 Å². The van der Waals surface area contributed by atoms with Crippen molar-refractivity contribution in [3.05, 3.63) is 84.4 Å². The fraction of sp³-hybridized carbons (Fsp3) is 0.269. The fourth-order valence-electron chi connectivity index (χ4n) is 4.72. The summed E-state index contributed by atoms with van der Waals surface area (Å²) in [6.07, 6.45) is 3.31. The zero-order chi connectivity index (χ0) is 20.6. The lowest BCUT2D eigenvalue weighted by Crippen LogP contribution is -2.47. The van der Waals surface area contributed by atoms with Gasteiger partial charge < -0.3 is 9.84 Å². The summed E-state index contributed by atoms with van der Waals surface area (Å²) in [7, 11) is 1.67. The van der Waals surface area contributed by atoms with Crippen molar-refractivity contribution in [2.75, 3.05) is 25.1 Å². The average molecular weight is 480 g/mol. The Morgan fingerprint density at radius 3 is 2.23 bits per heavy atom. The summed E-state index contributed by atoms with van der Waals surface area (Å²) in [6.45, 7) is 1.57. The Morgan fingerprint density at radius 1 is 0.871 bits per heavy atom. The number of hydrogen-bond acceptors (Lipinski definition) is 3. The maximum Gasteiger partial charge on any atom is 0.275 e. The van der Waals surface area contributed by atoms with E-state index in [4.69, 9.17) is 4.74 Å². The minimum absolute atomic E-state index is 0. The van der Waals surface area contributed by atoms with Gasteiger partial charge in [-0.25, -0.2) is 0 Å². The molecule has 1 unspecified atom stereocenters. The number of rotatable bonds is 4. The van der Waals surface area contributed by atoms with Crippen LogP contribution in [0.15, 0.2) is 78.9 Å². The smallest absolute Gasteiger partial charge is 0.275 e. The van der Waals surface area contributed by atoms with Crippen LogP contribution in [-0.2, 0) is 5.72 Å². The zero-order valence-electron chi connectivity index (χ0n) is 17.7. The molecule has 0 fully saturated rings. The summed E-state index contributed by atoms with van der Waals surface area (Å²) in [5.41, 5.74) is 3.15. The van der Waals surface area contributed by atoms with Crippen LogP contribution in [-0.4, -0.2) is 35.7 Å². The molecule has 0 amide bonds. The van der Waals surface area contributed by atoms with Crippen molar-refractivity contribution in [2.24, 2.45) is 0 Å². The van der Waals surface area contributed by atoms with Gasteiger partial charge in [-0.1, -0.05) is 54.6 Å². The fourth-order valence-corrected chi connectivity index (χ4v) is 4.72. The molecule has 2 aliphatic heterocycles. The number of benzene rings is 3. The highest BCUT2D eigenvalue weighted by Gasteiger charge is 2.54. The Labute approximate surface area is 194 Å². The van der Waals surface area contributed by atoms with Crippen molar-refractivity contribution in [3.8, 4) is 16.9 Å². The maximum atomic E-state index is 12.0. The Hall–Kier alpha value is -2.63. The second-order valence-electron chi connectivity index (χ2n) is 8.09. The van der Waals surface area contributed by atoms with Gasteiger partial charge in [-0.3, -0.25) is 4.58 Å². The third kappa shape index (κ3) is 3.88. The van der Waals surface area contributed by atoms with Gasteiger partial charge in [0, 0.05) is 12.0 Å². The van der Waals surface area contributed by atoms with Crippen LogP contribution >= 0.6 is 17.0 Å². The van der Waals surface area contributed by atoms with Crippen LogP contribution in [0, 0.1) is 0 Å². The summed E-state index contributed by atoms with van der Waals surface area (Å²) in [6, 6.07) is 26.7. The molecule has 4 nitrogen and oxygen atoms in total. The molecule has 0 spiro atoms. The van der Waals surface area contributed by atoms with E-state index in [-0.39, 0.29) is 17.0 Å². The van der Waals surface area contributed by atoms with Crippen molar-refractivity contribution in [2.45, 2.75) is 25.0 Å². The molecule has 0 bridgehead atoms. The monoisotopic (exact) mass is 479 g/mol. The molecule has 160 valence electrons. The van der Waals surface area contributed by atoms with E-state index < -0.39 is 5.72 Å². The number of nitrogens with zero attached hydrogens (tertiary/aromatic N) is 2. The molecular formula is C26H28BrN2O2+. The Kier molecular flexibility index (Phi) is 6.17. The van der Waals surface area contributed by atoms with Gasteiger partial charge in [-0.15, -0.1) is 17.0 Å². The van der Waals surface area contributed by atoms with Crippen molar-refractivity contribution < 1.29 is 14.4 Å². The highest BCUT2D eigenvalue weighted by atomic mass is 79.9. The molecule has 0 saturated heterocycles. The van der Waals surface area contributed by atoms with Gasteiger partial charge in [0.05, 0.1) is 13.7 Å². The molecule has 1 atom stereocenters. The lowest BCUT2D eigenvalue weighted by atomic mass is 9.97. The molecule has 0 aromatic heterocycles. The predicted octanol–water partition coefficient (Wildman–Crippen LogP) is 5.20. The van der Waals surface area contributed by atoms with Gasteiger partial charge in [-0.05, 0) is 48.2 Å². The molecule has 0 saturated carbocycles. The summed E-state index contributed by atoms with van der Waals surface area (Å²) in [5.74, 6) is 2.03. The van der Waals surface area contributed by atoms with Crippen molar-refractivity contribution >= 4 is 28.5 Å². The minimum atomic E-state index is -1.09. The number of amidine groups is 1. The zero-order valence-corrected chi connectivity index (χ0v) is 19.4. The molecule has 31 heavy (non-hydrogen) atoms. The first-order valence-corrected chi connectivity index (χ1v) is 10.6. The molecule has 5 rings (SSSR count). The molecule has 2 aliphatic rings. The second kappa shape index (κ2) is 8.85. The number of anilines is 1. The molecule has 1 N–H and O–H groups in total. The quantitative estimate of drug-likeness (QED) is 0.522. The normalized spacial score (nSPS) is 20.3. The molecule has 3 aromatic carbocycles. The molecular weight excluding hydrogens is 452 g/mol. The van der Waals surface area contributed by atoms with Crippen LogP contribution in [0.5, 0.6) is 5.75 Å². The van der Waals surface area contributed by atoms with Gasteiger partial charge in [0.1, 0.15) is 11.4 Å². The SMILES string of the molecule is Br.COc1ccc(N2C3=[N+](CCCC3)CC2(O)c2ccc(-c3ccccc3)cc2)cc1. The highest BCUT2D eigenvalue weighted by molar-refractivity contribution is 8.93. The molecule has 0 radical (unpaired) electrons. The summed E-state index contributed by atoms with van der Waals surface area (Å²) < 4.78 is 7.68. The van der Waals surface area contributed by atoms with Crippen LogP contribution in [0.2, 0.25) is 0 Å². The first-order chi connectivity index (χ1) is 14.7. The van der Waals surface area contributed by atoms with Gasteiger partial charge in [-0.2, -0.15) is 4.90 Å². The standard InChI is InChI=1S/C26H27N2O2.BrH/c1-30-24-16-14-23(15-17-24)28-25-9-5-6-18-27(25)19-26(28,29)22-12-10-21(11-13-22)20-7-3-2-4-8-20;/h2-4,7-8,10-17,29H,5-6,9,18-19H2,1H3;1H/q+1;. The van der Waals surface area contributed by atoms with E-state index in [1.54, 1.807) is 7.11 Å². The second-order valence-corrected chi connectivity index (χ2v) is 8.09. The summed E-state index contributed by atoms with van der Waals surface area (Å²) in [5, 5.41) is 12.0. The van der Waals surface area contributed by atoms with E-state index in [2.05, 4.69) is 45.9 Å². The first-order valence-electron chi connectivity index (χ1n) is 10.6. The Balaban J connectivity index is 0.00000231. The molecule has 3 aromatic rings. The topological polar surface area (TPSA) is 35.7 Å². The van der Waals surface area contributed by atoms with Crippen molar-refractivity contribution in [1.82, 2.24) is 0 Å². The third-order valence-corrected chi connectivity index (χ3v) is 6.27. The summed E-state index contributed by atoms with van der Waals surface area (Å²) >= 11 is 0. The van der Waals surface area contributed by atoms with E-state index in [1.807, 2.05) is 42.5 Å². The lowest BCUT2D eigenvalue weighted by molar-refractivity contribution is -0.538. The Bertz CT molecular complexity index is 1060. The largest absolute Gasteiger partial charge is 0.497 e. The van der Waals surface area contributed by atoms with Crippen molar-refractivity contribution in [1.29, 1.82) is 0 Å². The van der Waals surface area contributed by atoms with Crippen LogP contribution in [0.1, 0.15) is 24.8 Å². The minimum Gasteiger partial charge on any atom is -0.497 e. The van der Waals surface area contributed by atoms with Crippen LogP contribution < -0.4 is 9.64 Å². The van der Waals surface area contributed by atoms with Gasteiger partial charge in [0.15, 0.2) is 6.54 Å². The van der Waals surface area contributed by atoms with Crippen LogP contribution in [0.4, 0.5) is 5.69 Å². The van der Waals surface area contributed by atoms with E-state index in [0.717, 1.165) is 42.0 Å². The highest BCUT2D eigenvalue weighted by Crippen LogP contribution is 2.39. The number of hydrogen-bond donors (Lipinski definition) is 1. The summed E-state index contributed by atoms with van der Waals surface area (Å²) in [4.78, 5) is 2.13. The van der Waals surface area contributed by atoms with E-state index in [1.165, 1.54) is 17.8 Å². The average Bonchev–Trinajstić information content (AvgIpc) is 3.13. The van der Waals surface area contributed by atoms with Crippen LogP contribution in [0.25, 0.3) is 11.1 Å². The Morgan fingerprint density at radius 2 is 1.55 bits per heavy atom. The molecule has 0 aliphatic carbocycles.